The number of rotatable bonds is 4. The van der Waals surface area contributed by atoms with Crippen LogP contribution in [0.3, 0.4) is 0 Å². The summed E-state index contributed by atoms with van der Waals surface area (Å²) in [6.07, 6.45) is 0. The van der Waals surface area contributed by atoms with Gasteiger partial charge in [0.25, 0.3) is 0 Å². The zero-order valence-corrected chi connectivity index (χ0v) is 29.7. The third kappa shape index (κ3) is 4.30. The zero-order chi connectivity index (χ0) is 34.6. The van der Waals surface area contributed by atoms with E-state index >= 15 is 0 Å². The molecule has 0 saturated carbocycles. The fourth-order valence-corrected chi connectivity index (χ4v) is 9.84. The molecule has 0 radical (unpaired) electrons. The number of benzene rings is 8. The molecule has 3 heteroatoms. The molecule has 52 heavy (non-hydrogen) atoms. The summed E-state index contributed by atoms with van der Waals surface area (Å²) in [6.45, 7) is 4.69. The van der Waals surface area contributed by atoms with Crippen LogP contribution in [0.5, 0.6) is 0 Å². The molecule has 0 fully saturated rings. The van der Waals surface area contributed by atoms with E-state index in [4.69, 9.17) is 4.42 Å². The minimum absolute atomic E-state index is 0.100. The van der Waals surface area contributed by atoms with Gasteiger partial charge in [0, 0.05) is 59.5 Å². The van der Waals surface area contributed by atoms with Gasteiger partial charge in [0.05, 0.1) is 0 Å². The molecule has 2 aromatic heterocycles. The van der Waals surface area contributed by atoms with Crippen molar-refractivity contribution in [3.05, 3.63) is 175 Å². The fourth-order valence-electron chi connectivity index (χ4n) is 8.62. The van der Waals surface area contributed by atoms with Gasteiger partial charge in [-0.2, -0.15) is 0 Å². The first kappa shape index (κ1) is 29.6. The number of anilines is 3. The Balaban J connectivity index is 1.04. The minimum Gasteiger partial charge on any atom is -0.456 e. The van der Waals surface area contributed by atoms with E-state index in [2.05, 4.69) is 170 Å². The van der Waals surface area contributed by atoms with Gasteiger partial charge in [-0.3, -0.25) is 0 Å². The maximum Gasteiger partial charge on any atom is 0.137 e. The Morgan fingerprint density at radius 3 is 2.04 bits per heavy atom. The molecular formula is C49H33NOS. The van der Waals surface area contributed by atoms with Crippen molar-refractivity contribution in [2.24, 2.45) is 0 Å². The molecular weight excluding hydrogens is 651 g/mol. The smallest absolute Gasteiger partial charge is 0.137 e. The van der Waals surface area contributed by atoms with Gasteiger partial charge in [-0.15, -0.1) is 11.3 Å². The minimum atomic E-state index is -0.100. The van der Waals surface area contributed by atoms with Crippen LogP contribution in [0.4, 0.5) is 17.1 Å². The Morgan fingerprint density at radius 2 is 1.13 bits per heavy atom. The maximum atomic E-state index is 6.40. The van der Waals surface area contributed by atoms with Gasteiger partial charge in [0.15, 0.2) is 0 Å². The molecule has 0 atom stereocenters. The number of hydrogen-bond acceptors (Lipinski definition) is 3. The monoisotopic (exact) mass is 683 g/mol. The molecule has 246 valence electrons. The number of hydrogen-bond donors (Lipinski definition) is 0. The lowest BCUT2D eigenvalue weighted by molar-refractivity contribution is 0.660. The first-order chi connectivity index (χ1) is 25.5. The largest absolute Gasteiger partial charge is 0.456 e. The third-order valence-electron chi connectivity index (χ3n) is 11.3. The van der Waals surface area contributed by atoms with Crippen LogP contribution in [0.1, 0.15) is 25.0 Å². The standard InChI is InChI=1S/C49H33NOS/c1-49(2)43-13-7-5-11-37(43)38-24-21-34(28-44(38)49)50(35-22-25-40-39-12-6-8-14-45(39)51-46(40)29-35)33-19-15-30(16-20-33)32-18-26-47-42(27-32)41-23-17-31-9-3-4-10-36(31)48(41)52-47/h3-29H,1-2H3. The Morgan fingerprint density at radius 1 is 0.462 bits per heavy atom. The van der Waals surface area contributed by atoms with Crippen LogP contribution in [0, 0.1) is 0 Å². The van der Waals surface area contributed by atoms with Gasteiger partial charge in [-0.1, -0.05) is 117 Å². The lowest BCUT2D eigenvalue weighted by Crippen LogP contribution is -2.16. The number of fused-ring (bicyclic) bond motifs is 11. The molecule has 2 nitrogen and oxygen atoms in total. The normalized spacial score (nSPS) is 13.3. The van der Waals surface area contributed by atoms with Gasteiger partial charge in [0.2, 0.25) is 0 Å². The summed E-state index contributed by atoms with van der Waals surface area (Å²) in [7, 11) is 0. The SMILES string of the molecule is CC1(C)c2ccccc2-c2ccc(N(c3ccc(-c4ccc5sc6c7ccccc7ccc6c5c4)cc3)c3ccc4c(c3)oc3ccccc34)cc21. The van der Waals surface area contributed by atoms with E-state index in [0.29, 0.717) is 0 Å². The predicted octanol–water partition coefficient (Wildman–Crippen LogP) is 14.6. The molecule has 0 bridgehead atoms. The highest BCUT2D eigenvalue weighted by Gasteiger charge is 2.35. The highest BCUT2D eigenvalue weighted by Crippen LogP contribution is 2.51. The molecule has 0 saturated heterocycles. The lowest BCUT2D eigenvalue weighted by Gasteiger charge is -2.28. The summed E-state index contributed by atoms with van der Waals surface area (Å²) < 4.78 is 9.08. The second kappa shape index (κ2) is 10.9. The Kier molecular flexibility index (Phi) is 6.21. The van der Waals surface area contributed by atoms with E-state index in [-0.39, 0.29) is 5.41 Å². The van der Waals surface area contributed by atoms with Gasteiger partial charge < -0.3 is 9.32 Å². The number of furan rings is 1. The van der Waals surface area contributed by atoms with Crippen molar-refractivity contribution in [2.75, 3.05) is 4.90 Å². The lowest BCUT2D eigenvalue weighted by atomic mass is 9.82. The van der Waals surface area contributed by atoms with Crippen LogP contribution in [0.15, 0.2) is 168 Å². The zero-order valence-electron chi connectivity index (χ0n) is 28.9. The maximum absolute atomic E-state index is 6.40. The number of nitrogens with zero attached hydrogens (tertiary/aromatic N) is 1. The van der Waals surface area contributed by atoms with Crippen LogP contribution in [-0.2, 0) is 5.41 Å². The van der Waals surface area contributed by atoms with Crippen molar-refractivity contribution in [3.63, 3.8) is 0 Å². The fraction of sp³-hybridized carbons (Fsp3) is 0.0612. The summed E-state index contributed by atoms with van der Waals surface area (Å²) in [5.74, 6) is 0. The average molecular weight is 684 g/mol. The van der Waals surface area contributed by atoms with Gasteiger partial charge in [0.1, 0.15) is 11.2 Å². The Bertz CT molecular complexity index is 3050. The molecule has 8 aromatic carbocycles. The predicted molar refractivity (Wildman–Crippen MR) is 222 cm³/mol. The summed E-state index contributed by atoms with van der Waals surface area (Å²) in [5.41, 5.74) is 12.8. The second-order valence-corrected chi connectivity index (χ2v) is 15.6. The van der Waals surface area contributed by atoms with Gasteiger partial charge in [-0.25, -0.2) is 0 Å². The second-order valence-electron chi connectivity index (χ2n) is 14.5. The van der Waals surface area contributed by atoms with Crippen LogP contribution in [0.25, 0.3) is 75.1 Å². The molecule has 10 aromatic rings. The molecule has 0 aliphatic heterocycles. The first-order valence-corrected chi connectivity index (χ1v) is 18.7. The van der Waals surface area contributed by atoms with Crippen molar-refractivity contribution in [1.82, 2.24) is 0 Å². The molecule has 0 amide bonds. The van der Waals surface area contributed by atoms with E-state index < -0.39 is 0 Å². The van der Waals surface area contributed by atoms with Crippen LogP contribution in [-0.4, -0.2) is 0 Å². The Labute approximate surface area is 305 Å². The summed E-state index contributed by atoms with van der Waals surface area (Å²) in [5, 5.41) is 7.52. The highest BCUT2D eigenvalue weighted by atomic mass is 32.1. The van der Waals surface area contributed by atoms with Gasteiger partial charge in [-0.05, 0) is 98.8 Å². The quantitative estimate of drug-likeness (QED) is 0.184. The third-order valence-corrected chi connectivity index (χ3v) is 12.5. The number of para-hydroxylation sites is 1. The summed E-state index contributed by atoms with van der Waals surface area (Å²) in [4.78, 5) is 2.37. The summed E-state index contributed by atoms with van der Waals surface area (Å²) in [6, 6.07) is 59.9. The van der Waals surface area contributed by atoms with E-state index in [1.54, 1.807) is 0 Å². The van der Waals surface area contributed by atoms with Gasteiger partial charge >= 0.3 is 0 Å². The molecule has 1 aliphatic rings. The first-order valence-electron chi connectivity index (χ1n) is 17.9. The Hall–Kier alpha value is -6.16. The average Bonchev–Trinajstić information content (AvgIpc) is 3.82. The van der Waals surface area contributed by atoms with Crippen LogP contribution >= 0.6 is 11.3 Å². The van der Waals surface area contributed by atoms with Crippen molar-refractivity contribution in [3.8, 4) is 22.3 Å². The van der Waals surface area contributed by atoms with Crippen molar-refractivity contribution < 1.29 is 4.42 Å². The van der Waals surface area contributed by atoms with Crippen molar-refractivity contribution in [1.29, 1.82) is 0 Å². The molecule has 1 aliphatic carbocycles. The van der Waals surface area contributed by atoms with E-state index in [9.17, 15) is 0 Å². The molecule has 0 spiro atoms. The van der Waals surface area contributed by atoms with Crippen molar-refractivity contribution in [2.45, 2.75) is 19.3 Å². The molecule has 0 unspecified atom stereocenters. The number of thiophene rings is 1. The molecule has 2 heterocycles. The topological polar surface area (TPSA) is 16.4 Å². The highest BCUT2D eigenvalue weighted by molar-refractivity contribution is 7.26. The van der Waals surface area contributed by atoms with E-state index in [1.807, 2.05) is 23.5 Å². The van der Waals surface area contributed by atoms with Crippen LogP contribution in [0.2, 0.25) is 0 Å². The van der Waals surface area contributed by atoms with E-state index in [1.165, 1.54) is 64.3 Å². The molecule has 0 N–H and O–H groups in total. The molecule has 11 rings (SSSR count). The summed E-state index contributed by atoms with van der Waals surface area (Å²) >= 11 is 1.89. The van der Waals surface area contributed by atoms with Crippen molar-refractivity contribution >= 4 is 81.3 Å². The van der Waals surface area contributed by atoms with E-state index in [0.717, 1.165) is 39.0 Å². The van der Waals surface area contributed by atoms with Crippen LogP contribution < -0.4 is 4.90 Å².